The minimum atomic E-state index is -1.06. The molecule has 1 aliphatic carbocycles. The van der Waals surface area contributed by atoms with Crippen LogP contribution >= 0.6 is 0 Å². The molecule has 0 aromatic heterocycles. The Hall–Kier alpha value is -2.17. The molecule has 1 N–H and O–H groups in total. The van der Waals surface area contributed by atoms with Gasteiger partial charge in [0.1, 0.15) is 0 Å². The van der Waals surface area contributed by atoms with Gasteiger partial charge >= 0.3 is 5.97 Å². The van der Waals surface area contributed by atoms with Crippen molar-refractivity contribution in [2.75, 3.05) is 4.90 Å². The SMILES string of the molecule is O=C(O)C1[C@H]2C(=O)N(c3ccccc3)C(=O)[C@@H]12. The third-order valence-electron chi connectivity index (χ3n) is 3.33. The number of anilines is 1. The Balaban J connectivity index is 1.92. The minimum absolute atomic E-state index is 0.390. The lowest BCUT2D eigenvalue weighted by molar-refractivity contribution is -0.142. The van der Waals surface area contributed by atoms with E-state index in [1.165, 1.54) is 0 Å². The zero-order valence-electron chi connectivity index (χ0n) is 8.74. The van der Waals surface area contributed by atoms with E-state index in [0.717, 1.165) is 4.90 Å². The van der Waals surface area contributed by atoms with Gasteiger partial charge in [0, 0.05) is 0 Å². The molecule has 3 atom stereocenters. The third-order valence-corrected chi connectivity index (χ3v) is 3.33. The normalized spacial score (nSPS) is 30.4. The number of carbonyl (C=O) groups excluding carboxylic acids is 2. The number of hydrogen-bond donors (Lipinski definition) is 1. The summed E-state index contributed by atoms with van der Waals surface area (Å²) in [4.78, 5) is 35.7. The molecule has 1 saturated heterocycles. The van der Waals surface area contributed by atoms with E-state index in [9.17, 15) is 14.4 Å². The van der Waals surface area contributed by atoms with E-state index < -0.39 is 35.5 Å². The fourth-order valence-electron chi connectivity index (χ4n) is 2.47. The average Bonchev–Trinajstić information content (AvgIpc) is 3.00. The molecule has 1 aromatic rings. The topological polar surface area (TPSA) is 74.7 Å². The van der Waals surface area contributed by atoms with Crippen molar-refractivity contribution in [3.8, 4) is 0 Å². The quantitative estimate of drug-likeness (QED) is 0.752. The predicted molar refractivity (Wildman–Crippen MR) is 57.0 cm³/mol. The minimum Gasteiger partial charge on any atom is -0.481 e. The summed E-state index contributed by atoms with van der Waals surface area (Å²) < 4.78 is 0. The van der Waals surface area contributed by atoms with Crippen LogP contribution in [0, 0.1) is 17.8 Å². The molecule has 0 bridgehead atoms. The first-order chi connectivity index (χ1) is 8.13. The predicted octanol–water partition coefficient (Wildman–Crippen LogP) is 0.507. The smallest absolute Gasteiger partial charge is 0.308 e. The van der Waals surface area contributed by atoms with Crippen molar-refractivity contribution >= 4 is 23.5 Å². The van der Waals surface area contributed by atoms with Gasteiger partial charge in [-0.15, -0.1) is 0 Å². The molecular weight excluding hydrogens is 222 g/mol. The summed E-state index contributed by atoms with van der Waals surface area (Å²) in [5, 5.41) is 8.83. The number of carboxylic acid groups (broad SMARTS) is 1. The average molecular weight is 231 g/mol. The molecule has 2 aliphatic rings. The number of benzene rings is 1. The molecule has 1 saturated carbocycles. The van der Waals surface area contributed by atoms with Crippen LogP contribution in [0.4, 0.5) is 5.69 Å². The van der Waals surface area contributed by atoms with Gasteiger partial charge in [0.05, 0.1) is 23.4 Å². The second-order valence-corrected chi connectivity index (χ2v) is 4.26. The van der Waals surface area contributed by atoms with Crippen LogP contribution in [-0.4, -0.2) is 22.9 Å². The first kappa shape index (κ1) is 10.0. The van der Waals surface area contributed by atoms with Gasteiger partial charge in [-0.25, -0.2) is 0 Å². The molecule has 2 fully saturated rings. The third kappa shape index (κ3) is 1.22. The van der Waals surface area contributed by atoms with Gasteiger partial charge in [-0.3, -0.25) is 19.3 Å². The van der Waals surface area contributed by atoms with Gasteiger partial charge in [-0.2, -0.15) is 0 Å². The largest absolute Gasteiger partial charge is 0.481 e. The second-order valence-electron chi connectivity index (χ2n) is 4.26. The van der Waals surface area contributed by atoms with Crippen molar-refractivity contribution in [2.45, 2.75) is 0 Å². The standard InChI is InChI=1S/C12H9NO4/c14-10-7-8(9(7)12(16)17)11(15)13(10)6-4-2-1-3-5-6/h1-5,7-9H,(H,16,17)/t7-,8+,9?. The Labute approximate surface area is 96.6 Å². The number of aliphatic carboxylic acids is 1. The summed E-state index contributed by atoms with van der Waals surface area (Å²) in [6.45, 7) is 0. The molecule has 1 aliphatic heterocycles. The van der Waals surface area contributed by atoms with Crippen molar-refractivity contribution in [3.05, 3.63) is 30.3 Å². The van der Waals surface area contributed by atoms with E-state index >= 15 is 0 Å². The number of carboxylic acids is 1. The summed E-state index contributed by atoms with van der Waals surface area (Å²) in [5.74, 6) is -3.96. The maximum atomic E-state index is 11.9. The van der Waals surface area contributed by atoms with Crippen LogP contribution in [0.15, 0.2) is 30.3 Å². The van der Waals surface area contributed by atoms with Crippen LogP contribution in [0.5, 0.6) is 0 Å². The highest BCUT2D eigenvalue weighted by Crippen LogP contribution is 2.54. The molecule has 3 rings (SSSR count). The van der Waals surface area contributed by atoms with Crippen molar-refractivity contribution in [1.29, 1.82) is 0 Å². The number of rotatable bonds is 2. The highest BCUT2D eigenvalue weighted by Gasteiger charge is 2.70. The second kappa shape index (κ2) is 3.16. The molecule has 1 heterocycles. The number of piperidine rings is 1. The van der Waals surface area contributed by atoms with Crippen molar-refractivity contribution in [2.24, 2.45) is 17.8 Å². The lowest BCUT2D eigenvalue weighted by atomic mass is 10.2. The molecule has 5 nitrogen and oxygen atoms in total. The van der Waals surface area contributed by atoms with Crippen LogP contribution in [0.1, 0.15) is 0 Å². The van der Waals surface area contributed by atoms with Crippen LogP contribution in [-0.2, 0) is 14.4 Å². The van der Waals surface area contributed by atoms with Gasteiger partial charge in [-0.05, 0) is 12.1 Å². The fourth-order valence-corrected chi connectivity index (χ4v) is 2.47. The van der Waals surface area contributed by atoms with E-state index in [0.29, 0.717) is 5.69 Å². The highest BCUT2D eigenvalue weighted by atomic mass is 16.4. The van der Waals surface area contributed by atoms with Crippen molar-refractivity contribution in [3.63, 3.8) is 0 Å². The molecule has 2 amide bonds. The molecule has 1 unspecified atom stereocenters. The van der Waals surface area contributed by atoms with Crippen molar-refractivity contribution < 1.29 is 19.5 Å². The zero-order chi connectivity index (χ0) is 12.2. The maximum Gasteiger partial charge on any atom is 0.308 e. The number of carbonyl (C=O) groups is 3. The lowest BCUT2D eigenvalue weighted by Crippen LogP contribution is -2.35. The summed E-state index contributed by atoms with van der Waals surface area (Å²) in [7, 11) is 0. The molecule has 86 valence electrons. The summed E-state index contributed by atoms with van der Waals surface area (Å²) in [5.41, 5.74) is 0.513. The molecule has 1 aromatic carbocycles. The lowest BCUT2D eigenvalue weighted by Gasteiger charge is -2.17. The Morgan fingerprint density at radius 3 is 2.06 bits per heavy atom. The van der Waals surface area contributed by atoms with Crippen molar-refractivity contribution in [1.82, 2.24) is 0 Å². The van der Waals surface area contributed by atoms with E-state index in [2.05, 4.69) is 0 Å². The summed E-state index contributed by atoms with van der Waals surface area (Å²) in [6, 6.07) is 8.57. The van der Waals surface area contributed by atoms with Crippen LogP contribution in [0.25, 0.3) is 0 Å². The first-order valence-corrected chi connectivity index (χ1v) is 5.28. The molecule has 0 radical (unpaired) electrons. The summed E-state index contributed by atoms with van der Waals surface area (Å²) in [6.07, 6.45) is 0. The van der Waals surface area contributed by atoms with Gasteiger partial charge in [0.15, 0.2) is 0 Å². The van der Waals surface area contributed by atoms with E-state index in [4.69, 9.17) is 5.11 Å². The first-order valence-electron chi connectivity index (χ1n) is 5.28. The maximum absolute atomic E-state index is 11.9. The highest BCUT2D eigenvalue weighted by molar-refractivity contribution is 6.27. The molecular formula is C12H9NO4. The molecule has 5 heteroatoms. The number of hydrogen-bond acceptors (Lipinski definition) is 3. The Bertz CT molecular complexity index is 503. The Morgan fingerprint density at radius 2 is 1.59 bits per heavy atom. The monoisotopic (exact) mass is 231 g/mol. The van der Waals surface area contributed by atoms with Crippen LogP contribution in [0.2, 0.25) is 0 Å². The number of imide groups is 1. The number of fused-ring (bicyclic) bond motifs is 1. The van der Waals surface area contributed by atoms with E-state index in [-0.39, 0.29) is 0 Å². The fraction of sp³-hybridized carbons (Fsp3) is 0.250. The van der Waals surface area contributed by atoms with E-state index in [1.807, 2.05) is 0 Å². The van der Waals surface area contributed by atoms with Gasteiger partial charge < -0.3 is 5.11 Å². The zero-order valence-corrected chi connectivity index (χ0v) is 8.74. The van der Waals surface area contributed by atoms with E-state index in [1.54, 1.807) is 30.3 Å². The Kier molecular flexibility index (Phi) is 1.86. The summed E-state index contributed by atoms with van der Waals surface area (Å²) >= 11 is 0. The van der Waals surface area contributed by atoms with Gasteiger partial charge in [0.2, 0.25) is 11.8 Å². The number of nitrogens with zero attached hydrogens (tertiary/aromatic N) is 1. The number of para-hydroxylation sites is 1. The van der Waals surface area contributed by atoms with Gasteiger partial charge in [-0.1, -0.05) is 18.2 Å². The number of amides is 2. The molecule has 0 spiro atoms. The molecule has 17 heavy (non-hydrogen) atoms. The Morgan fingerprint density at radius 1 is 1.06 bits per heavy atom. The van der Waals surface area contributed by atoms with Gasteiger partial charge in [0.25, 0.3) is 0 Å². The van der Waals surface area contributed by atoms with Crippen LogP contribution in [0.3, 0.4) is 0 Å². The van der Waals surface area contributed by atoms with Crippen LogP contribution < -0.4 is 4.90 Å².